The number of hydrogen-bond acceptors (Lipinski definition) is 3. The van der Waals surface area contributed by atoms with E-state index in [-0.39, 0.29) is 5.56 Å². The van der Waals surface area contributed by atoms with Crippen molar-refractivity contribution in [3.05, 3.63) is 74.3 Å². The normalized spacial score (nSPS) is 11.3. The van der Waals surface area contributed by atoms with Crippen LogP contribution in [0.1, 0.15) is 22.4 Å². The Labute approximate surface area is 144 Å². The summed E-state index contributed by atoms with van der Waals surface area (Å²) < 4.78 is 1.53. The Morgan fingerprint density at radius 2 is 1.96 bits per heavy atom. The molecule has 2 heterocycles. The molecule has 0 radical (unpaired) electrons. The van der Waals surface area contributed by atoms with Crippen molar-refractivity contribution in [2.45, 2.75) is 20.8 Å². The molecule has 2 aromatic heterocycles. The Hall–Kier alpha value is -2.66. The minimum absolute atomic E-state index is 0.145. The lowest BCUT2D eigenvalue weighted by molar-refractivity contribution is 0.833. The van der Waals surface area contributed by atoms with Gasteiger partial charge in [-0.15, -0.1) is 0 Å². The third-order valence-corrected chi connectivity index (χ3v) is 4.13. The number of aromatic nitrogens is 3. The molecule has 0 amide bonds. The van der Waals surface area contributed by atoms with Crippen LogP contribution in [0.3, 0.4) is 0 Å². The van der Waals surface area contributed by atoms with Crippen LogP contribution in [-0.4, -0.2) is 21.0 Å². The summed E-state index contributed by atoms with van der Waals surface area (Å²) in [5.74, 6) is 0.497. The lowest BCUT2D eigenvalue weighted by Gasteiger charge is -2.05. The van der Waals surface area contributed by atoms with Crippen LogP contribution in [0.25, 0.3) is 5.69 Å². The Bertz CT molecular complexity index is 968. The number of benzene rings is 1. The summed E-state index contributed by atoms with van der Waals surface area (Å²) in [5, 5.41) is 3.64. The van der Waals surface area contributed by atoms with Gasteiger partial charge in [-0.25, -0.2) is 14.7 Å². The van der Waals surface area contributed by atoms with Gasteiger partial charge in [0.15, 0.2) is 5.82 Å². The molecule has 0 bridgehead atoms. The number of halogens is 1. The molecule has 0 unspecified atom stereocenters. The van der Waals surface area contributed by atoms with E-state index in [0.29, 0.717) is 16.4 Å². The lowest BCUT2D eigenvalue weighted by Crippen LogP contribution is -2.17. The molecule has 1 aromatic carbocycles. The zero-order valence-corrected chi connectivity index (χ0v) is 14.4. The molecule has 0 saturated heterocycles. The highest BCUT2D eigenvalue weighted by Gasteiger charge is 2.11. The van der Waals surface area contributed by atoms with Gasteiger partial charge in [0.05, 0.1) is 16.3 Å². The average molecular weight is 341 g/mol. The van der Waals surface area contributed by atoms with Crippen LogP contribution in [0.4, 0.5) is 5.82 Å². The third kappa shape index (κ3) is 3.16. The summed E-state index contributed by atoms with van der Waals surface area (Å²) >= 11 is 5.80. The fourth-order valence-electron chi connectivity index (χ4n) is 2.33. The highest BCUT2D eigenvalue weighted by molar-refractivity contribution is 6.30. The minimum Gasteiger partial charge on any atom is -0.295 e. The first-order valence-electron chi connectivity index (χ1n) is 7.50. The smallest absolute Gasteiger partial charge is 0.280 e. The number of pyridine rings is 1. The maximum atomic E-state index is 12.7. The maximum absolute atomic E-state index is 12.7. The molecule has 0 saturated carbocycles. The van der Waals surface area contributed by atoms with Gasteiger partial charge in [-0.1, -0.05) is 17.7 Å². The van der Waals surface area contributed by atoms with E-state index in [2.05, 4.69) is 15.1 Å². The summed E-state index contributed by atoms with van der Waals surface area (Å²) in [6.07, 6.45) is 3.05. The van der Waals surface area contributed by atoms with Crippen LogP contribution in [0.5, 0.6) is 0 Å². The Balaban J connectivity index is 1.99. The zero-order valence-electron chi connectivity index (χ0n) is 13.7. The molecule has 24 heavy (non-hydrogen) atoms. The molecule has 0 aliphatic heterocycles. The van der Waals surface area contributed by atoms with Crippen molar-refractivity contribution in [3.8, 4) is 5.69 Å². The van der Waals surface area contributed by atoms with Crippen LogP contribution >= 0.6 is 11.6 Å². The van der Waals surface area contributed by atoms with Crippen LogP contribution in [0.2, 0.25) is 5.02 Å². The van der Waals surface area contributed by atoms with Crippen LogP contribution in [0, 0.1) is 20.8 Å². The van der Waals surface area contributed by atoms with Crippen molar-refractivity contribution < 1.29 is 0 Å². The Kier molecular flexibility index (Phi) is 4.36. The largest absolute Gasteiger partial charge is 0.295 e. The first-order valence-corrected chi connectivity index (χ1v) is 7.88. The summed E-state index contributed by atoms with van der Waals surface area (Å²) in [7, 11) is 0. The number of hydrogen-bond donors (Lipinski definition) is 1. The first-order chi connectivity index (χ1) is 11.5. The highest BCUT2D eigenvalue weighted by Crippen LogP contribution is 2.14. The predicted molar refractivity (Wildman–Crippen MR) is 97.1 cm³/mol. The maximum Gasteiger partial charge on any atom is 0.280 e. The second-order valence-corrected chi connectivity index (χ2v) is 6.09. The highest BCUT2D eigenvalue weighted by atomic mass is 35.5. The van der Waals surface area contributed by atoms with Crippen LogP contribution in [-0.2, 0) is 0 Å². The molecule has 5 nitrogen and oxygen atoms in total. The van der Waals surface area contributed by atoms with E-state index < -0.39 is 0 Å². The molecule has 122 valence electrons. The second kappa shape index (κ2) is 6.45. The van der Waals surface area contributed by atoms with E-state index >= 15 is 0 Å². The van der Waals surface area contributed by atoms with Gasteiger partial charge in [0, 0.05) is 18.1 Å². The fourth-order valence-corrected chi connectivity index (χ4v) is 2.44. The molecule has 6 heteroatoms. The van der Waals surface area contributed by atoms with E-state index in [1.165, 1.54) is 22.7 Å². The summed E-state index contributed by atoms with van der Waals surface area (Å²) in [4.78, 5) is 21.0. The monoisotopic (exact) mass is 340 g/mol. The number of aromatic amines is 1. The number of aliphatic imine (C=N–C) groups is 1. The lowest BCUT2D eigenvalue weighted by atomic mass is 10.1. The predicted octanol–water partition coefficient (Wildman–Crippen LogP) is 3.89. The summed E-state index contributed by atoms with van der Waals surface area (Å²) in [5.41, 5.74) is 4.22. The van der Waals surface area contributed by atoms with E-state index in [1.54, 1.807) is 12.1 Å². The van der Waals surface area contributed by atoms with Gasteiger partial charge >= 0.3 is 0 Å². The quantitative estimate of drug-likeness (QED) is 0.735. The molecule has 0 fully saturated rings. The summed E-state index contributed by atoms with van der Waals surface area (Å²) in [6.45, 7) is 5.91. The molecule has 0 spiro atoms. The van der Waals surface area contributed by atoms with Gasteiger partial charge < -0.3 is 0 Å². The number of rotatable bonds is 3. The number of H-pyrrole nitrogens is 1. The van der Waals surface area contributed by atoms with Crippen molar-refractivity contribution in [2.24, 2.45) is 4.99 Å². The second-order valence-electron chi connectivity index (χ2n) is 5.65. The average Bonchev–Trinajstić information content (AvgIpc) is 2.84. The first kappa shape index (κ1) is 16.2. The van der Waals surface area contributed by atoms with Gasteiger partial charge in [-0.05, 0) is 56.2 Å². The molecule has 3 rings (SSSR count). The van der Waals surface area contributed by atoms with Gasteiger partial charge in [-0.3, -0.25) is 9.89 Å². The SMILES string of the molecule is Cc1ccc(-n2[nH]c(C)c(C=Nc3ccc(Cl)cn3)c2=O)cc1C. The molecule has 0 atom stereocenters. The van der Waals surface area contributed by atoms with E-state index in [4.69, 9.17) is 11.6 Å². The van der Waals surface area contributed by atoms with Crippen molar-refractivity contribution in [3.63, 3.8) is 0 Å². The van der Waals surface area contributed by atoms with Gasteiger partial charge in [0.1, 0.15) is 0 Å². The van der Waals surface area contributed by atoms with Gasteiger partial charge in [0.25, 0.3) is 5.56 Å². The van der Waals surface area contributed by atoms with Gasteiger partial charge in [0.2, 0.25) is 0 Å². The molecule has 0 aliphatic carbocycles. The molecule has 3 aromatic rings. The minimum atomic E-state index is -0.145. The van der Waals surface area contributed by atoms with Crippen LogP contribution in [0.15, 0.2) is 46.3 Å². The molecular formula is C18H17ClN4O. The standard InChI is InChI=1S/C18H17ClN4O/c1-11-4-6-15(8-12(11)2)23-18(24)16(13(3)22-23)10-21-17-7-5-14(19)9-20-17/h4-10,22H,1-3H3. The van der Waals surface area contributed by atoms with Crippen molar-refractivity contribution in [1.29, 1.82) is 0 Å². The van der Waals surface area contributed by atoms with Crippen molar-refractivity contribution in [2.75, 3.05) is 0 Å². The summed E-state index contributed by atoms with van der Waals surface area (Å²) in [6, 6.07) is 9.30. The van der Waals surface area contributed by atoms with Gasteiger partial charge in [-0.2, -0.15) is 0 Å². The molecule has 0 aliphatic rings. The Morgan fingerprint density at radius 3 is 2.62 bits per heavy atom. The third-order valence-electron chi connectivity index (χ3n) is 3.90. The number of nitrogens with zero attached hydrogens (tertiary/aromatic N) is 3. The molecular weight excluding hydrogens is 324 g/mol. The fraction of sp³-hybridized carbons (Fsp3) is 0.167. The van der Waals surface area contributed by atoms with E-state index in [0.717, 1.165) is 16.9 Å². The number of nitrogens with one attached hydrogen (secondary N) is 1. The van der Waals surface area contributed by atoms with Crippen molar-refractivity contribution in [1.82, 2.24) is 14.8 Å². The zero-order chi connectivity index (χ0) is 17.3. The Morgan fingerprint density at radius 1 is 1.17 bits per heavy atom. The topological polar surface area (TPSA) is 63.0 Å². The number of aryl methyl sites for hydroxylation is 3. The van der Waals surface area contributed by atoms with Crippen LogP contribution < -0.4 is 5.56 Å². The van der Waals surface area contributed by atoms with E-state index in [9.17, 15) is 4.79 Å². The van der Waals surface area contributed by atoms with E-state index in [1.807, 2.05) is 39.0 Å². The van der Waals surface area contributed by atoms with Crippen molar-refractivity contribution >= 4 is 23.6 Å². The molecule has 1 N–H and O–H groups in total.